The van der Waals surface area contributed by atoms with Crippen LogP contribution in [0.25, 0.3) is 11.0 Å². The van der Waals surface area contributed by atoms with Gasteiger partial charge in [0.05, 0.1) is 6.67 Å². The van der Waals surface area contributed by atoms with E-state index in [1.165, 1.54) is 6.20 Å². The van der Waals surface area contributed by atoms with Gasteiger partial charge >= 0.3 is 0 Å². The Morgan fingerprint density at radius 2 is 2.29 bits per heavy atom. The Kier molecular flexibility index (Phi) is 3.10. The van der Waals surface area contributed by atoms with Crippen LogP contribution in [0.2, 0.25) is 0 Å². The summed E-state index contributed by atoms with van der Waals surface area (Å²) in [7, 11) is 1.82. The maximum Gasteiger partial charge on any atom is 0.277 e. The lowest BCUT2D eigenvalue weighted by atomic mass is 10.4. The van der Waals surface area contributed by atoms with Crippen LogP contribution in [0, 0.1) is 0 Å². The van der Waals surface area contributed by atoms with Crippen LogP contribution in [0.4, 0.5) is 5.95 Å². The third kappa shape index (κ3) is 2.14. The Morgan fingerprint density at radius 3 is 2.94 bits per heavy atom. The van der Waals surface area contributed by atoms with Gasteiger partial charge in [0.1, 0.15) is 5.39 Å². The number of hydrogen-bond donors (Lipinski definition) is 3. The molecule has 92 valence electrons. The van der Waals surface area contributed by atoms with Crippen LogP contribution in [0.3, 0.4) is 0 Å². The highest BCUT2D eigenvalue weighted by Gasteiger charge is 2.10. The topological polar surface area (TPSA) is 87.6 Å². The van der Waals surface area contributed by atoms with Crippen molar-refractivity contribution in [3.63, 3.8) is 0 Å². The number of fused-ring (bicyclic) bond motifs is 1. The second kappa shape index (κ2) is 4.54. The monoisotopic (exact) mass is 236 g/mol. The minimum absolute atomic E-state index is 0.0745. The van der Waals surface area contributed by atoms with Crippen LogP contribution < -0.4 is 16.2 Å². The fourth-order valence-electron chi connectivity index (χ4n) is 1.53. The zero-order chi connectivity index (χ0) is 12.4. The lowest BCUT2D eigenvalue weighted by molar-refractivity contribution is 0.521. The molecule has 2 rings (SSSR count). The van der Waals surface area contributed by atoms with Crippen molar-refractivity contribution in [3.05, 3.63) is 16.6 Å². The zero-order valence-corrected chi connectivity index (χ0v) is 10.1. The molecule has 2 aromatic heterocycles. The van der Waals surface area contributed by atoms with Crippen molar-refractivity contribution in [3.8, 4) is 0 Å². The summed E-state index contributed by atoms with van der Waals surface area (Å²) >= 11 is 0. The summed E-state index contributed by atoms with van der Waals surface area (Å²) < 4.78 is 1.54. The van der Waals surface area contributed by atoms with E-state index in [4.69, 9.17) is 0 Å². The molecule has 0 saturated heterocycles. The predicted molar refractivity (Wildman–Crippen MR) is 66.1 cm³/mol. The molecule has 0 amide bonds. The number of anilines is 1. The summed E-state index contributed by atoms with van der Waals surface area (Å²) in [5.74, 6) is 0.490. The molecule has 0 aliphatic heterocycles. The van der Waals surface area contributed by atoms with E-state index >= 15 is 0 Å². The van der Waals surface area contributed by atoms with Gasteiger partial charge in [0.15, 0.2) is 5.65 Å². The third-order valence-electron chi connectivity index (χ3n) is 2.40. The Morgan fingerprint density at radius 1 is 1.53 bits per heavy atom. The van der Waals surface area contributed by atoms with Crippen molar-refractivity contribution < 1.29 is 0 Å². The first-order valence-electron chi connectivity index (χ1n) is 5.49. The van der Waals surface area contributed by atoms with Crippen LogP contribution in [-0.2, 0) is 0 Å². The van der Waals surface area contributed by atoms with E-state index in [1.807, 2.05) is 20.9 Å². The molecule has 7 heteroatoms. The van der Waals surface area contributed by atoms with Gasteiger partial charge < -0.3 is 10.6 Å². The number of nitrogens with zero attached hydrogens (tertiary/aromatic N) is 3. The van der Waals surface area contributed by atoms with Crippen LogP contribution in [0.1, 0.15) is 19.9 Å². The normalized spacial score (nSPS) is 11.3. The standard InChI is InChI=1S/C10H16N6O/c1-6(2)16-9(17)7-4-12-10(13-5-11-3)14-8(7)15-16/h4,6,11H,5H2,1-3H3,(H2,12,13,14,15). The average Bonchev–Trinajstić information content (AvgIpc) is 2.64. The highest BCUT2D eigenvalue weighted by molar-refractivity contribution is 5.73. The fraction of sp³-hybridized carbons (Fsp3) is 0.500. The number of nitrogens with one attached hydrogen (secondary N) is 3. The predicted octanol–water partition coefficient (Wildman–Crippen LogP) is 0.289. The average molecular weight is 236 g/mol. The largest absolute Gasteiger partial charge is 0.342 e. The molecule has 0 aliphatic rings. The molecular weight excluding hydrogens is 220 g/mol. The molecule has 2 heterocycles. The first kappa shape index (κ1) is 11.6. The second-order valence-electron chi connectivity index (χ2n) is 4.04. The minimum Gasteiger partial charge on any atom is -0.342 e. The van der Waals surface area contributed by atoms with Gasteiger partial charge in [-0.05, 0) is 20.9 Å². The quantitative estimate of drug-likeness (QED) is 0.664. The number of hydrogen-bond acceptors (Lipinski definition) is 5. The lowest BCUT2D eigenvalue weighted by Gasteiger charge is -2.03. The Labute approximate surface area is 98.2 Å². The summed E-state index contributed by atoms with van der Waals surface area (Å²) in [6.07, 6.45) is 1.54. The molecule has 7 nitrogen and oxygen atoms in total. The lowest BCUT2D eigenvalue weighted by Crippen LogP contribution is -2.18. The molecule has 17 heavy (non-hydrogen) atoms. The van der Waals surface area contributed by atoms with Gasteiger partial charge in [0.25, 0.3) is 5.56 Å². The summed E-state index contributed by atoms with van der Waals surface area (Å²) in [6.45, 7) is 4.44. The zero-order valence-electron chi connectivity index (χ0n) is 10.1. The first-order chi connectivity index (χ1) is 8.13. The van der Waals surface area contributed by atoms with E-state index in [9.17, 15) is 4.79 Å². The SMILES string of the molecule is CNCNc1ncc2c(=O)n(C(C)C)[nH]c2n1. The van der Waals surface area contributed by atoms with E-state index in [0.29, 0.717) is 23.7 Å². The van der Waals surface area contributed by atoms with Crippen LogP contribution >= 0.6 is 0 Å². The van der Waals surface area contributed by atoms with Crippen molar-refractivity contribution in [2.75, 3.05) is 19.0 Å². The van der Waals surface area contributed by atoms with Crippen LogP contribution in [-0.4, -0.2) is 33.5 Å². The van der Waals surface area contributed by atoms with Crippen molar-refractivity contribution >= 4 is 17.0 Å². The van der Waals surface area contributed by atoms with Gasteiger partial charge in [-0.25, -0.2) is 9.67 Å². The molecule has 0 saturated carbocycles. The van der Waals surface area contributed by atoms with Crippen molar-refractivity contribution in [1.82, 2.24) is 25.1 Å². The molecule has 0 spiro atoms. The van der Waals surface area contributed by atoms with Gasteiger partial charge in [-0.1, -0.05) is 0 Å². The smallest absolute Gasteiger partial charge is 0.277 e. The summed E-state index contributed by atoms with van der Waals surface area (Å²) in [5.41, 5.74) is 0.465. The van der Waals surface area contributed by atoms with Crippen molar-refractivity contribution in [2.45, 2.75) is 19.9 Å². The van der Waals surface area contributed by atoms with E-state index in [1.54, 1.807) is 4.68 Å². The van der Waals surface area contributed by atoms with E-state index in [-0.39, 0.29) is 11.6 Å². The number of aromatic amines is 1. The molecule has 0 aromatic carbocycles. The van der Waals surface area contributed by atoms with Gasteiger partial charge in [0.2, 0.25) is 5.95 Å². The molecule has 2 aromatic rings. The summed E-state index contributed by atoms with van der Waals surface area (Å²) in [4.78, 5) is 20.2. The molecule has 0 bridgehead atoms. The summed E-state index contributed by atoms with van der Waals surface area (Å²) in [5, 5.41) is 9.39. The molecule has 0 radical (unpaired) electrons. The van der Waals surface area contributed by atoms with Gasteiger partial charge in [-0.3, -0.25) is 9.89 Å². The molecular formula is C10H16N6O. The number of aromatic nitrogens is 4. The second-order valence-corrected chi connectivity index (χ2v) is 4.04. The van der Waals surface area contributed by atoms with E-state index in [2.05, 4.69) is 25.7 Å². The van der Waals surface area contributed by atoms with Gasteiger partial charge in [0, 0.05) is 12.2 Å². The van der Waals surface area contributed by atoms with E-state index in [0.717, 1.165) is 0 Å². The van der Waals surface area contributed by atoms with Gasteiger partial charge in [-0.15, -0.1) is 0 Å². The maximum absolute atomic E-state index is 11.9. The Bertz CT molecular complexity index is 570. The summed E-state index contributed by atoms with van der Waals surface area (Å²) in [6, 6.07) is 0.0745. The van der Waals surface area contributed by atoms with Crippen LogP contribution in [0.5, 0.6) is 0 Å². The fourth-order valence-corrected chi connectivity index (χ4v) is 1.53. The first-order valence-corrected chi connectivity index (χ1v) is 5.49. The van der Waals surface area contributed by atoms with Crippen molar-refractivity contribution in [2.24, 2.45) is 0 Å². The third-order valence-corrected chi connectivity index (χ3v) is 2.40. The molecule has 0 atom stereocenters. The maximum atomic E-state index is 11.9. The Balaban J connectivity index is 2.45. The van der Waals surface area contributed by atoms with Crippen molar-refractivity contribution in [1.29, 1.82) is 0 Å². The number of rotatable bonds is 4. The van der Waals surface area contributed by atoms with Crippen LogP contribution in [0.15, 0.2) is 11.0 Å². The van der Waals surface area contributed by atoms with Gasteiger partial charge in [-0.2, -0.15) is 4.98 Å². The Hall–Kier alpha value is -1.89. The molecule has 0 unspecified atom stereocenters. The highest BCUT2D eigenvalue weighted by atomic mass is 16.1. The highest BCUT2D eigenvalue weighted by Crippen LogP contribution is 2.08. The van der Waals surface area contributed by atoms with E-state index < -0.39 is 0 Å². The molecule has 3 N–H and O–H groups in total. The molecule has 0 aliphatic carbocycles. The molecule has 0 fully saturated rings. The minimum atomic E-state index is -0.0878. The number of H-pyrrole nitrogens is 1.